The number of methoxy groups -OCH3 is 1. The van der Waals surface area contributed by atoms with Gasteiger partial charge in [0.05, 0.1) is 6.10 Å². The Hall–Kier alpha value is -0.410. The van der Waals surface area contributed by atoms with Gasteiger partial charge in [0, 0.05) is 13.5 Å². The average Bonchev–Trinajstić information content (AvgIpc) is 1.98. The number of ether oxygens (including phenoxy) is 1. The number of aliphatic hydroxyl groups excluding tert-OH is 1. The first-order valence-electron chi connectivity index (χ1n) is 4.35. The van der Waals surface area contributed by atoms with Gasteiger partial charge in [-0.15, -0.1) is 0 Å². The SMILES string of the molecule is COCC(=O)CCCCC(C)O. The zero-order chi connectivity index (χ0) is 9.40. The summed E-state index contributed by atoms with van der Waals surface area (Å²) < 4.78 is 4.68. The number of carbonyl (C=O) groups excluding carboxylic acids is 1. The molecule has 12 heavy (non-hydrogen) atoms. The Kier molecular flexibility index (Phi) is 7.00. The van der Waals surface area contributed by atoms with Crippen LogP contribution >= 0.6 is 0 Å². The molecule has 0 aromatic rings. The fourth-order valence-corrected chi connectivity index (χ4v) is 0.995. The molecule has 0 heterocycles. The van der Waals surface area contributed by atoms with E-state index in [1.165, 1.54) is 7.11 Å². The highest BCUT2D eigenvalue weighted by Gasteiger charge is 2.01. The number of hydrogen-bond acceptors (Lipinski definition) is 3. The lowest BCUT2D eigenvalue weighted by Gasteiger charge is -2.02. The Balaban J connectivity index is 3.14. The zero-order valence-electron chi connectivity index (χ0n) is 7.88. The minimum Gasteiger partial charge on any atom is -0.393 e. The van der Waals surface area contributed by atoms with Crippen LogP contribution in [0.2, 0.25) is 0 Å². The highest BCUT2D eigenvalue weighted by molar-refractivity contribution is 5.79. The maximum absolute atomic E-state index is 10.9. The topological polar surface area (TPSA) is 46.5 Å². The summed E-state index contributed by atoms with van der Waals surface area (Å²) in [5.41, 5.74) is 0. The van der Waals surface area contributed by atoms with Crippen LogP contribution in [0.4, 0.5) is 0 Å². The largest absolute Gasteiger partial charge is 0.393 e. The maximum Gasteiger partial charge on any atom is 0.158 e. The van der Waals surface area contributed by atoms with Crippen molar-refractivity contribution in [1.82, 2.24) is 0 Å². The van der Waals surface area contributed by atoms with Crippen LogP contribution in [0.5, 0.6) is 0 Å². The Morgan fingerprint density at radius 2 is 2.17 bits per heavy atom. The first-order valence-corrected chi connectivity index (χ1v) is 4.35. The predicted octanol–water partition coefficient (Wildman–Crippen LogP) is 1.14. The quantitative estimate of drug-likeness (QED) is 0.589. The van der Waals surface area contributed by atoms with E-state index in [0.29, 0.717) is 6.42 Å². The Morgan fingerprint density at radius 1 is 1.50 bits per heavy atom. The van der Waals surface area contributed by atoms with Crippen LogP contribution in [0.1, 0.15) is 32.6 Å². The molecule has 1 unspecified atom stereocenters. The van der Waals surface area contributed by atoms with Gasteiger partial charge in [-0.25, -0.2) is 0 Å². The number of hydrogen-bond donors (Lipinski definition) is 1. The van der Waals surface area contributed by atoms with E-state index >= 15 is 0 Å². The first-order chi connectivity index (χ1) is 5.66. The van der Waals surface area contributed by atoms with Crippen molar-refractivity contribution < 1.29 is 14.6 Å². The van der Waals surface area contributed by atoms with Gasteiger partial charge in [0.2, 0.25) is 0 Å². The molecule has 0 aromatic carbocycles. The molecule has 0 aliphatic heterocycles. The molecule has 0 amide bonds. The molecule has 0 bridgehead atoms. The lowest BCUT2D eigenvalue weighted by Crippen LogP contribution is -2.06. The highest BCUT2D eigenvalue weighted by atomic mass is 16.5. The second-order valence-corrected chi connectivity index (χ2v) is 3.07. The number of aliphatic hydroxyl groups is 1. The molecule has 0 fully saturated rings. The van der Waals surface area contributed by atoms with Crippen molar-refractivity contribution in [1.29, 1.82) is 0 Å². The Morgan fingerprint density at radius 3 is 2.67 bits per heavy atom. The predicted molar refractivity (Wildman–Crippen MR) is 47.0 cm³/mol. The summed E-state index contributed by atoms with van der Waals surface area (Å²) in [5.74, 6) is 0.142. The van der Waals surface area contributed by atoms with Gasteiger partial charge in [-0.2, -0.15) is 0 Å². The average molecular weight is 174 g/mol. The Labute approximate surface area is 73.7 Å². The fraction of sp³-hybridized carbons (Fsp3) is 0.889. The minimum absolute atomic E-state index is 0.142. The molecular weight excluding hydrogens is 156 g/mol. The van der Waals surface area contributed by atoms with Crippen LogP contribution in [-0.4, -0.2) is 30.7 Å². The molecule has 0 spiro atoms. The summed E-state index contributed by atoms with van der Waals surface area (Å²) in [6, 6.07) is 0. The number of unbranched alkanes of at least 4 members (excludes halogenated alkanes) is 1. The third-order valence-electron chi connectivity index (χ3n) is 1.63. The van der Waals surface area contributed by atoms with Gasteiger partial charge in [-0.1, -0.05) is 6.42 Å². The second-order valence-electron chi connectivity index (χ2n) is 3.07. The molecule has 72 valence electrons. The second kappa shape index (κ2) is 7.25. The highest BCUT2D eigenvalue weighted by Crippen LogP contribution is 2.03. The van der Waals surface area contributed by atoms with E-state index < -0.39 is 0 Å². The van der Waals surface area contributed by atoms with Crippen LogP contribution < -0.4 is 0 Å². The number of ketones is 1. The van der Waals surface area contributed by atoms with Crippen molar-refractivity contribution in [2.75, 3.05) is 13.7 Å². The number of carbonyl (C=O) groups is 1. The van der Waals surface area contributed by atoms with Crippen molar-refractivity contribution in [3.05, 3.63) is 0 Å². The van der Waals surface area contributed by atoms with Crippen molar-refractivity contribution in [2.45, 2.75) is 38.7 Å². The molecule has 0 aromatic heterocycles. The summed E-state index contributed by atoms with van der Waals surface area (Å²) in [7, 11) is 1.52. The van der Waals surface area contributed by atoms with E-state index in [0.717, 1.165) is 19.3 Å². The van der Waals surface area contributed by atoms with Gasteiger partial charge in [-0.3, -0.25) is 4.79 Å². The van der Waals surface area contributed by atoms with Crippen LogP contribution in [-0.2, 0) is 9.53 Å². The van der Waals surface area contributed by atoms with Crippen LogP contribution in [0, 0.1) is 0 Å². The number of rotatable bonds is 7. The molecule has 3 nitrogen and oxygen atoms in total. The third kappa shape index (κ3) is 7.69. The summed E-state index contributed by atoms with van der Waals surface area (Å²) in [6.45, 7) is 1.98. The lowest BCUT2D eigenvalue weighted by molar-refractivity contribution is -0.122. The van der Waals surface area contributed by atoms with Gasteiger partial charge in [0.1, 0.15) is 6.61 Å². The van der Waals surface area contributed by atoms with Crippen molar-refractivity contribution in [3.63, 3.8) is 0 Å². The minimum atomic E-state index is -0.248. The monoisotopic (exact) mass is 174 g/mol. The zero-order valence-corrected chi connectivity index (χ0v) is 7.88. The van der Waals surface area contributed by atoms with Gasteiger partial charge < -0.3 is 9.84 Å². The summed E-state index contributed by atoms with van der Waals surface area (Å²) >= 11 is 0. The van der Waals surface area contributed by atoms with E-state index in [1.807, 2.05) is 0 Å². The summed E-state index contributed by atoms with van der Waals surface area (Å²) in [4.78, 5) is 10.9. The van der Waals surface area contributed by atoms with Crippen LogP contribution in [0.15, 0.2) is 0 Å². The third-order valence-corrected chi connectivity index (χ3v) is 1.63. The van der Waals surface area contributed by atoms with Crippen molar-refractivity contribution in [2.24, 2.45) is 0 Å². The summed E-state index contributed by atoms with van der Waals surface area (Å²) in [6.07, 6.45) is 2.86. The molecule has 0 aliphatic carbocycles. The molecule has 0 aliphatic rings. The van der Waals surface area contributed by atoms with Gasteiger partial charge >= 0.3 is 0 Å². The molecule has 3 heteroatoms. The van der Waals surface area contributed by atoms with E-state index in [2.05, 4.69) is 4.74 Å². The molecule has 0 radical (unpaired) electrons. The van der Waals surface area contributed by atoms with Gasteiger partial charge in [0.25, 0.3) is 0 Å². The molecule has 0 rings (SSSR count). The molecular formula is C9H18O3. The van der Waals surface area contributed by atoms with E-state index in [9.17, 15) is 4.79 Å². The maximum atomic E-state index is 10.9. The first kappa shape index (κ1) is 11.6. The fourth-order valence-electron chi connectivity index (χ4n) is 0.995. The standard InChI is InChI=1S/C9H18O3/c1-8(10)5-3-4-6-9(11)7-12-2/h8,10H,3-7H2,1-2H3. The normalized spacial score (nSPS) is 12.9. The van der Waals surface area contributed by atoms with Gasteiger partial charge in [-0.05, 0) is 19.8 Å². The van der Waals surface area contributed by atoms with Crippen LogP contribution in [0.25, 0.3) is 0 Å². The Bertz CT molecular complexity index is 121. The van der Waals surface area contributed by atoms with Crippen molar-refractivity contribution >= 4 is 5.78 Å². The van der Waals surface area contributed by atoms with Crippen molar-refractivity contribution in [3.8, 4) is 0 Å². The van der Waals surface area contributed by atoms with Gasteiger partial charge in [0.15, 0.2) is 5.78 Å². The molecule has 1 atom stereocenters. The lowest BCUT2D eigenvalue weighted by atomic mass is 10.1. The summed E-state index contributed by atoms with van der Waals surface area (Å²) in [5, 5.41) is 8.91. The smallest absolute Gasteiger partial charge is 0.158 e. The molecule has 1 N–H and O–H groups in total. The van der Waals surface area contributed by atoms with E-state index in [-0.39, 0.29) is 18.5 Å². The molecule has 0 saturated heterocycles. The van der Waals surface area contributed by atoms with E-state index in [4.69, 9.17) is 5.11 Å². The number of Topliss-reactive ketones (excluding diaryl/α,β-unsaturated/α-hetero) is 1. The van der Waals surface area contributed by atoms with Crippen LogP contribution in [0.3, 0.4) is 0 Å². The van der Waals surface area contributed by atoms with E-state index in [1.54, 1.807) is 6.92 Å². The molecule has 0 saturated carbocycles.